The minimum atomic E-state index is -3.16. The Morgan fingerprint density at radius 2 is 1.85 bits per heavy atom. The van der Waals surface area contributed by atoms with Crippen molar-refractivity contribution in [3.63, 3.8) is 0 Å². The Balaban J connectivity index is 1.70. The molecule has 0 saturated carbocycles. The summed E-state index contributed by atoms with van der Waals surface area (Å²) < 4.78 is 28.9. The maximum atomic E-state index is 11.9. The van der Waals surface area contributed by atoms with Crippen LogP contribution in [-0.2, 0) is 22.9 Å². The number of nitrogens with one attached hydrogen (secondary N) is 1. The van der Waals surface area contributed by atoms with Gasteiger partial charge >= 0.3 is 0 Å². The summed E-state index contributed by atoms with van der Waals surface area (Å²) in [6.45, 7) is 1.09. The van der Waals surface area contributed by atoms with Crippen molar-refractivity contribution < 1.29 is 13.2 Å². The molecule has 0 spiro atoms. The molecule has 0 aromatic heterocycles. The maximum absolute atomic E-state index is 11.9. The van der Waals surface area contributed by atoms with E-state index in [1.165, 1.54) is 5.41 Å². The van der Waals surface area contributed by atoms with Gasteiger partial charge in [0.25, 0.3) is 0 Å². The summed E-state index contributed by atoms with van der Waals surface area (Å²) in [5.74, 6) is 0.845. The van der Waals surface area contributed by atoms with Crippen LogP contribution in [-0.4, -0.2) is 37.3 Å². The van der Waals surface area contributed by atoms with Crippen LogP contribution in [0.25, 0.3) is 0 Å². The van der Waals surface area contributed by atoms with E-state index in [0.717, 1.165) is 16.9 Å². The van der Waals surface area contributed by atoms with Gasteiger partial charge in [0, 0.05) is 18.5 Å². The highest BCUT2D eigenvalue weighted by Gasteiger charge is 2.28. The quantitative estimate of drug-likeness (QED) is 0.750. The van der Waals surface area contributed by atoms with Gasteiger partial charge in [0.15, 0.2) is 14.9 Å². The summed E-state index contributed by atoms with van der Waals surface area (Å²) >= 11 is 5.60. The van der Waals surface area contributed by atoms with Crippen LogP contribution in [0.2, 0.25) is 0 Å². The molecule has 1 N–H and O–H groups in total. The van der Waals surface area contributed by atoms with Crippen LogP contribution in [0.1, 0.15) is 11.1 Å². The molecule has 0 amide bonds. The van der Waals surface area contributed by atoms with Gasteiger partial charge in [0.1, 0.15) is 5.75 Å². The van der Waals surface area contributed by atoms with Crippen molar-refractivity contribution in [2.24, 2.45) is 0 Å². The van der Waals surface area contributed by atoms with Crippen molar-refractivity contribution >= 4 is 27.2 Å². The largest absolute Gasteiger partial charge is 0.497 e. The molecule has 142 valence electrons. The highest BCUT2D eigenvalue weighted by Crippen LogP contribution is 2.18. The SMILES string of the molecule is COc1ccc(CNC(=S)N(Cc2ccccc2)[C@@H]2C=CS(=O)(=O)C2)cc1. The molecule has 2 aromatic rings. The average Bonchev–Trinajstić information content (AvgIpc) is 3.05. The van der Waals surface area contributed by atoms with Crippen LogP contribution in [0.15, 0.2) is 66.1 Å². The first-order valence-electron chi connectivity index (χ1n) is 8.59. The standard InChI is InChI=1S/C20H22N2O3S2/c1-25-19-9-7-16(8-10-19)13-21-20(26)22(14-17-5-3-2-4-6-17)18-11-12-27(23,24)15-18/h2-12,18H,13-15H2,1H3,(H,21,26)/t18-/m1/s1. The van der Waals surface area contributed by atoms with Crippen molar-refractivity contribution in [2.45, 2.75) is 19.1 Å². The fraction of sp³-hybridized carbons (Fsp3) is 0.250. The second-order valence-corrected chi connectivity index (χ2v) is 8.66. The molecule has 27 heavy (non-hydrogen) atoms. The molecule has 1 aliphatic rings. The molecule has 0 saturated heterocycles. The first-order chi connectivity index (χ1) is 13.0. The Labute approximate surface area is 165 Å². The van der Waals surface area contributed by atoms with Crippen molar-refractivity contribution in [3.05, 3.63) is 77.2 Å². The molecule has 0 aliphatic carbocycles. The number of sulfone groups is 1. The van der Waals surface area contributed by atoms with Gasteiger partial charge in [-0.05, 0) is 41.6 Å². The Morgan fingerprint density at radius 1 is 1.15 bits per heavy atom. The fourth-order valence-corrected chi connectivity index (χ4v) is 4.47. The van der Waals surface area contributed by atoms with Crippen molar-refractivity contribution in [3.8, 4) is 5.75 Å². The Kier molecular flexibility index (Phi) is 6.13. The van der Waals surface area contributed by atoms with Crippen LogP contribution in [0.4, 0.5) is 0 Å². The van der Waals surface area contributed by atoms with Gasteiger partial charge in [-0.15, -0.1) is 0 Å². The fourth-order valence-electron chi connectivity index (χ4n) is 2.90. The van der Waals surface area contributed by atoms with E-state index in [1.54, 1.807) is 13.2 Å². The summed E-state index contributed by atoms with van der Waals surface area (Å²) in [6.07, 6.45) is 1.71. The van der Waals surface area contributed by atoms with E-state index in [9.17, 15) is 8.42 Å². The minimum Gasteiger partial charge on any atom is -0.497 e. The minimum absolute atomic E-state index is 0.0458. The number of methoxy groups -OCH3 is 1. The number of nitrogens with zero attached hydrogens (tertiary/aromatic N) is 1. The molecule has 0 radical (unpaired) electrons. The smallest absolute Gasteiger partial charge is 0.173 e. The zero-order valence-corrected chi connectivity index (χ0v) is 16.7. The Hall–Kier alpha value is -2.38. The normalized spacial score (nSPS) is 17.4. The lowest BCUT2D eigenvalue weighted by Gasteiger charge is -2.30. The molecule has 5 nitrogen and oxygen atoms in total. The molecule has 1 atom stereocenters. The number of thiocarbonyl (C=S) groups is 1. The summed E-state index contributed by atoms with van der Waals surface area (Å²) in [5.41, 5.74) is 2.14. The number of ether oxygens (including phenoxy) is 1. The number of hydrogen-bond donors (Lipinski definition) is 1. The Bertz CT molecular complexity index is 910. The van der Waals surface area contributed by atoms with Gasteiger partial charge in [-0.25, -0.2) is 8.42 Å². The molecule has 1 aliphatic heterocycles. The van der Waals surface area contributed by atoms with Gasteiger partial charge in [0.05, 0.1) is 18.9 Å². The van der Waals surface area contributed by atoms with E-state index >= 15 is 0 Å². The topological polar surface area (TPSA) is 58.6 Å². The maximum Gasteiger partial charge on any atom is 0.173 e. The van der Waals surface area contributed by atoms with E-state index in [4.69, 9.17) is 17.0 Å². The van der Waals surface area contributed by atoms with E-state index in [1.807, 2.05) is 59.5 Å². The number of hydrogen-bond acceptors (Lipinski definition) is 4. The second kappa shape index (κ2) is 8.54. The molecule has 1 heterocycles. The van der Waals surface area contributed by atoms with Crippen molar-refractivity contribution in [1.82, 2.24) is 10.2 Å². The van der Waals surface area contributed by atoms with E-state index in [-0.39, 0.29) is 11.8 Å². The van der Waals surface area contributed by atoms with E-state index < -0.39 is 9.84 Å². The van der Waals surface area contributed by atoms with Gasteiger partial charge in [-0.1, -0.05) is 42.5 Å². The zero-order chi connectivity index (χ0) is 19.3. The molecular formula is C20H22N2O3S2. The van der Waals surface area contributed by atoms with Gasteiger partial charge < -0.3 is 15.0 Å². The van der Waals surface area contributed by atoms with E-state index in [2.05, 4.69) is 5.32 Å². The molecular weight excluding hydrogens is 380 g/mol. The van der Waals surface area contributed by atoms with Crippen LogP contribution in [0.3, 0.4) is 0 Å². The molecule has 0 bridgehead atoms. The lowest BCUT2D eigenvalue weighted by atomic mass is 10.2. The molecule has 0 fully saturated rings. The number of benzene rings is 2. The first kappa shape index (κ1) is 19.4. The predicted molar refractivity (Wildman–Crippen MR) is 111 cm³/mol. The van der Waals surface area contributed by atoms with Crippen LogP contribution in [0, 0.1) is 0 Å². The van der Waals surface area contributed by atoms with E-state index in [0.29, 0.717) is 18.2 Å². The van der Waals surface area contributed by atoms with Gasteiger partial charge in [0.2, 0.25) is 0 Å². The van der Waals surface area contributed by atoms with Crippen LogP contribution >= 0.6 is 12.2 Å². The predicted octanol–water partition coefficient (Wildman–Crippen LogP) is 2.88. The zero-order valence-electron chi connectivity index (χ0n) is 15.0. The summed E-state index contributed by atoms with van der Waals surface area (Å²) in [4.78, 5) is 1.93. The van der Waals surface area contributed by atoms with Gasteiger partial charge in [-0.3, -0.25) is 0 Å². The highest BCUT2D eigenvalue weighted by atomic mass is 32.2. The third-order valence-corrected chi connectivity index (χ3v) is 6.13. The average molecular weight is 403 g/mol. The monoisotopic (exact) mass is 402 g/mol. The molecule has 2 aromatic carbocycles. The molecule has 7 heteroatoms. The van der Waals surface area contributed by atoms with Crippen LogP contribution < -0.4 is 10.1 Å². The molecule has 0 unspecified atom stereocenters. The first-order valence-corrected chi connectivity index (χ1v) is 10.7. The summed E-state index contributed by atoms with van der Waals surface area (Å²) in [5, 5.41) is 5.06. The van der Waals surface area contributed by atoms with Crippen LogP contribution in [0.5, 0.6) is 5.75 Å². The second-order valence-electron chi connectivity index (χ2n) is 6.35. The highest BCUT2D eigenvalue weighted by molar-refractivity contribution is 7.94. The third kappa shape index (κ3) is 5.30. The summed E-state index contributed by atoms with van der Waals surface area (Å²) in [7, 11) is -1.53. The summed E-state index contributed by atoms with van der Waals surface area (Å²) in [6, 6.07) is 17.3. The third-order valence-electron chi connectivity index (χ3n) is 4.37. The van der Waals surface area contributed by atoms with Crippen molar-refractivity contribution in [1.29, 1.82) is 0 Å². The lowest BCUT2D eigenvalue weighted by molar-refractivity contribution is 0.368. The van der Waals surface area contributed by atoms with Gasteiger partial charge in [-0.2, -0.15) is 0 Å². The van der Waals surface area contributed by atoms with Crippen molar-refractivity contribution in [2.75, 3.05) is 12.9 Å². The molecule has 3 rings (SSSR count). The Morgan fingerprint density at radius 3 is 2.44 bits per heavy atom. The lowest BCUT2D eigenvalue weighted by Crippen LogP contribution is -2.45. The number of rotatable bonds is 6.